The maximum Gasteiger partial charge on any atom is 0.226 e. The van der Waals surface area contributed by atoms with Crippen LogP contribution in [0, 0.1) is 35.0 Å². The fourth-order valence-electron chi connectivity index (χ4n) is 5.81. The topological polar surface area (TPSA) is 32.3 Å². The van der Waals surface area contributed by atoms with Gasteiger partial charge in [0.15, 0.2) is 0 Å². The van der Waals surface area contributed by atoms with Crippen molar-refractivity contribution in [1.82, 2.24) is 5.32 Å². The van der Waals surface area contributed by atoms with Crippen LogP contribution in [0.1, 0.15) is 44.1 Å². The number of rotatable bonds is 3. The minimum absolute atomic E-state index is 0.0715. The molecule has 3 heteroatoms. The molecule has 0 radical (unpaired) electrons. The largest absolute Gasteiger partial charge is 0.377 e. The van der Waals surface area contributed by atoms with Gasteiger partial charge in [-0.2, -0.15) is 0 Å². The summed E-state index contributed by atoms with van der Waals surface area (Å²) in [5.74, 6) is 9.04. The molecule has 4 aliphatic rings. The molecule has 5 rings (SSSR count). The zero-order valence-corrected chi connectivity index (χ0v) is 15.3. The molecule has 0 aliphatic heterocycles. The third-order valence-electron chi connectivity index (χ3n) is 6.47. The number of amides is 1. The molecule has 0 spiro atoms. The Bertz CT molecular complexity index is 690. The lowest BCUT2D eigenvalue weighted by atomic mass is 9.49. The molecule has 0 unspecified atom stereocenters. The molecule has 132 valence electrons. The van der Waals surface area contributed by atoms with E-state index < -0.39 is 0 Å². The predicted octanol–water partition coefficient (Wildman–Crippen LogP) is 3.44. The van der Waals surface area contributed by atoms with E-state index in [0.717, 1.165) is 48.3 Å². The van der Waals surface area contributed by atoms with Crippen LogP contribution in [-0.2, 0) is 4.79 Å². The van der Waals surface area contributed by atoms with Crippen molar-refractivity contribution < 1.29 is 4.79 Å². The average Bonchev–Trinajstić information content (AvgIpc) is 2.57. The molecule has 1 N–H and O–H groups in total. The van der Waals surface area contributed by atoms with E-state index in [0.29, 0.717) is 6.54 Å². The Morgan fingerprint density at radius 3 is 2.32 bits per heavy atom. The Kier molecular flexibility index (Phi) is 4.23. The second-order valence-corrected chi connectivity index (χ2v) is 8.59. The second-order valence-electron chi connectivity index (χ2n) is 8.59. The second kappa shape index (κ2) is 6.41. The van der Waals surface area contributed by atoms with Crippen molar-refractivity contribution in [2.75, 3.05) is 25.5 Å². The molecular formula is C22H28N2O. The van der Waals surface area contributed by atoms with E-state index in [1.165, 1.54) is 19.3 Å². The molecule has 0 heterocycles. The zero-order chi connectivity index (χ0) is 17.4. The van der Waals surface area contributed by atoms with Gasteiger partial charge < -0.3 is 10.2 Å². The van der Waals surface area contributed by atoms with Crippen LogP contribution < -0.4 is 10.2 Å². The smallest absolute Gasteiger partial charge is 0.226 e. The molecule has 1 aromatic rings. The molecule has 1 aromatic carbocycles. The molecule has 4 bridgehead atoms. The number of anilines is 1. The molecule has 1 amide bonds. The Balaban J connectivity index is 1.39. The fraction of sp³-hybridized carbons (Fsp3) is 0.591. The maximum absolute atomic E-state index is 12.9. The quantitative estimate of drug-likeness (QED) is 0.858. The third kappa shape index (κ3) is 3.15. The molecule has 4 saturated carbocycles. The molecule has 3 nitrogen and oxygen atoms in total. The first-order chi connectivity index (χ1) is 12.1. The van der Waals surface area contributed by atoms with Crippen molar-refractivity contribution in [2.45, 2.75) is 38.5 Å². The number of para-hydroxylation sites is 1. The maximum atomic E-state index is 12.9. The van der Waals surface area contributed by atoms with Gasteiger partial charge in [-0.1, -0.05) is 24.0 Å². The van der Waals surface area contributed by atoms with Gasteiger partial charge in [0.1, 0.15) is 0 Å². The van der Waals surface area contributed by atoms with Crippen molar-refractivity contribution in [3.05, 3.63) is 29.8 Å². The molecule has 0 saturated heterocycles. The third-order valence-corrected chi connectivity index (χ3v) is 6.47. The van der Waals surface area contributed by atoms with Crippen molar-refractivity contribution in [2.24, 2.45) is 23.2 Å². The summed E-state index contributed by atoms with van der Waals surface area (Å²) in [6, 6.07) is 8.13. The van der Waals surface area contributed by atoms with Crippen molar-refractivity contribution in [3.63, 3.8) is 0 Å². The molecule has 25 heavy (non-hydrogen) atoms. The van der Waals surface area contributed by atoms with E-state index in [4.69, 9.17) is 0 Å². The minimum Gasteiger partial charge on any atom is -0.377 e. The lowest BCUT2D eigenvalue weighted by molar-refractivity contribution is -0.145. The van der Waals surface area contributed by atoms with Crippen LogP contribution in [0.4, 0.5) is 5.69 Å². The molecule has 0 atom stereocenters. The van der Waals surface area contributed by atoms with Gasteiger partial charge in [-0.15, -0.1) is 0 Å². The Labute approximate surface area is 151 Å². The summed E-state index contributed by atoms with van der Waals surface area (Å²) in [6.07, 6.45) is 7.44. The van der Waals surface area contributed by atoms with Gasteiger partial charge in [-0.25, -0.2) is 0 Å². The standard InChI is InChI=1S/C22H28N2O/c1-24(2)20-8-4-3-6-19(20)7-5-9-23-21(25)22-13-16-10-17(14-22)12-18(11-16)15-22/h3-4,6,8,16-18H,9-15H2,1-2H3,(H,23,25). The van der Waals surface area contributed by atoms with E-state index in [9.17, 15) is 4.79 Å². The highest BCUT2D eigenvalue weighted by atomic mass is 16.2. The van der Waals surface area contributed by atoms with Gasteiger partial charge in [-0.05, 0) is 68.4 Å². The number of carbonyl (C=O) groups is 1. The van der Waals surface area contributed by atoms with E-state index >= 15 is 0 Å². The van der Waals surface area contributed by atoms with Crippen molar-refractivity contribution in [1.29, 1.82) is 0 Å². The van der Waals surface area contributed by atoms with E-state index in [2.05, 4.69) is 28.1 Å². The van der Waals surface area contributed by atoms with Crippen LogP contribution in [-0.4, -0.2) is 26.5 Å². The van der Waals surface area contributed by atoms with Crippen LogP contribution in [0.5, 0.6) is 0 Å². The van der Waals surface area contributed by atoms with Crippen molar-refractivity contribution in [3.8, 4) is 11.8 Å². The van der Waals surface area contributed by atoms with Crippen LogP contribution >= 0.6 is 0 Å². The number of carbonyl (C=O) groups excluding carboxylic acids is 1. The first-order valence-electron chi connectivity index (χ1n) is 9.59. The summed E-state index contributed by atoms with van der Waals surface area (Å²) in [4.78, 5) is 15.0. The highest BCUT2D eigenvalue weighted by Gasteiger charge is 2.54. The summed E-state index contributed by atoms with van der Waals surface area (Å²) in [5, 5.41) is 3.13. The lowest BCUT2D eigenvalue weighted by Crippen LogP contribution is -2.53. The minimum atomic E-state index is -0.0715. The summed E-state index contributed by atoms with van der Waals surface area (Å²) in [6.45, 7) is 0.447. The zero-order valence-electron chi connectivity index (χ0n) is 15.3. The van der Waals surface area contributed by atoms with Crippen molar-refractivity contribution >= 4 is 11.6 Å². The van der Waals surface area contributed by atoms with Crippen LogP contribution in [0.2, 0.25) is 0 Å². The highest BCUT2D eigenvalue weighted by molar-refractivity contribution is 5.83. The molecular weight excluding hydrogens is 308 g/mol. The molecule has 0 aromatic heterocycles. The fourth-order valence-corrected chi connectivity index (χ4v) is 5.81. The monoisotopic (exact) mass is 336 g/mol. The predicted molar refractivity (Wildman–Crippen MR) is 101 cm³/mol. The Morgan fingerprint density at radius 1 is 1.12 bits per heavy atom. The van der Waals surface area contributed by atoms with Crippen LogP contribution in [0.15, 0.2) is 24.3 Å². The van der Waals surface area contributed by atoms with E-state index in [1.54, 1.807) is 0 Å². The summed E-state index contributed by atoms with van der Waals surface area (Å²) >= 11 is 0. The van der Waals surface area contributed by atoms with Gasteiger partial charge in [0.2, 0.25) is 5.91 Å². The van der Waals surface area contributed by atoms with Gasteiger partial charge >= 0.3 is 0 Å². The number of hydrogen-bond acceptors (Lipinski definition) is 2. The normalized spacial score (nSPS) is 32.0. The first-order valence-corrected chi connectivity index (χ1v) is 9.59. The van der Waals surface area contributed by atoms with Crippen LogP contribution in [0.25, 0.3) is 0 Å². The van der Waals surface area contributed by atoms with Gasteiger partial charge in [0.05, 0.1) is 12.2 Å². The Hall–Kier alpha value is -1.95. The number of nitrogens with one attached hydrogen (secondary N) is 1. The van der Waals surface area contributed by atoms with Crippen LogP contribution in [0.3, 0.4) is 0 Å². The summed E-state index contributed by atoms with van der Waals surface area (Å²) in [7, 11) is 4.05. The molecule has 4 fully saturated rings. The SMILES string of the molecule is CN(C)c1ccccc1C#CCNC(=O)C12CC3CC(CC(C3)C1)C2. The summed E-state index contributed by atoms with van der Waals surface area (Å²) < 4.78 is 0. The molecule has 4 aliphatic carbocycles. The number of nitrogens with zero attached hydrogens (tertiary/aromatic N) is 1. The summed E-state index contributed by atoms with van der Waals surface area (Å²) in [5.41, 5.74) is 2.05. The van der Waals surface area contributed by atoms with Gasteiger partial charge in [-0.3, -0.25) is 4.79 Å². The average molecular weight is 336 g/mol. The Morgan fingerprint density at radius 2 is 1.72 bits per heavy atom. The van der Waals surface area contributed by atoms with E-state index in [-0.39, 0.29) is 11.3 Å². The van der Waals surface area contributed by atoms with Gasteiger partial charge in [0.25, 0.3) is 0 Å². The lowest BCUT2D eigenvalue weighted by Gasteiger charge is -2.55. The van der Waals surface area contributed by atoms with E-state index in [1.807, 2.05) is 32.3 Å². The first kappa shape index (κ1) is 16.5. The highest BCUT2D eigenvalue weighted by Crippen LogP contribution is 2.60. The number of hydrogen-bond donors (Lipinski definition) is 1. The number of benzene rings is 1. The van der Waals surface area contributed by atoms with Gasteiger partial charge in [0, 0.05) is 25.1 Å².